The summed E-state index contributed by atoms with van der Waals surface area (Å²) in [6.07, 6.45) is 10.8. The van der Waals surface area contributed by atoms with Gasteiger partial charge in [0.1, 0.15) is 29.3 Å². The molecule has 0 saturated carbocycles. The summed E-state index contributed by atoms with van der Waals surface area (Å²) < 4.78 is 12.0. The smallest absolute Gasteiger partial charge is 0.354 e. The highest BCUT2D eigenvalue weighted by Crippen LogP contribution is 2.36. The highest BCUT2D eigenvalue weighted by molar-refractivity contribution is 5.94. The molecule has 0 saturated heterocycles. The summed E-state index contributed by atoms with van der Waals surface area (Å²) in [6.45, 7) is 14.6. The van der Waals surface area contributed by atoms with Crippen LogP contribution >= 0.6 is 0 Å². The van der Waals surface area contributed by atoms with Gasteiger partial charge in [-0.25, -0.2) is 9.78 Å². The molecule has 0 aliphatic heterocycles. The van der Waals surface area contributed by atoms with E-state index in [0.29, 0.717) is 35.6 Å². The van der Waals surface area contributed by atoms with Crippen LogP contribution in [-0.2, 0) is 0 Å². The maximum absolute atomic E-state index is 11.4. The maximum Gasteiger partial charge on any atom is 0.354 e. The van der Waals surface area contributed by atoms with Gasteiger partial charge in [0.15, 0.2) is 0 Å². The van der Waals surface area contributed by atoms with Crippen molar-refractivity contribution in [3.63, 3.8) is 0 Å². The van der Waals surface area contributed by atoms with Crippen molar-refractivity contribution < 1.29 is 19.4 Å². The molecule has 0 bridgehead atoms. The molecule has 2 aromatic rings. The van der Waals surface area contributed by atoms with Gasteiger partial charge in [0.2, 0.25) is 0 Å². The molecule has 0 aliphatic carbocycles. The van der Waals surface area contributed by atoms with Crippen molar-refractivity contribution in [1.29, 1.82) is 0 Å². The molecular formula is C28H41NO4. The minimum Gasteiger partial charge on any atom is -0.491 e. The molecule has 2 rings (SSSR count). The molecule has 0 atom stereocenters. The second kappa shape index (κ2) is 12.1. The molecule has 0 unspecified atom stereocenters. The number of carboxylic acid groups (broad SMARTS) is 1. The first kappa shape index (κ1) is 26.7. The lowest BCUT2D eigenvalue weighted by Crippen LogP contribution is -2.20. The molecule has 1 aromatic carbocycles. The Morgan fingerprint density at radius 3 is 2.36 bits per heavy atom. The molecule has 5 heteroatoms. The Kier molecular flexibility index (Phi) is 9.75. The second-order valence-electron chi connectivity index (χ2n) is 10.8. The average molecular weight is 456 g/mol. The summed E-state index contributed by atoms with van der Waals surface area (Å²) >= 11 is 0. The number of carbonyl (C=O) groups is 1. The van der Waals surface area contributed by atoms with Gasteiger partial charge in [-0.1, -0.05) is 73.0 Å². The van der Waals surface area contributed by atoms with E-state index in [1.165, 1.54) is 18.9 Å². The van der Waals surface area contributed by atoms with Gasteiger partial charge < -0.3 is 14.6 Å². The van der Waals surface area contributed by atoms with Crippen molar-refractivity contribution in [2.75, 3.05) is 13.2 Å². The molecule has 0 radical (unpaired) electrons. The van der Waals surface area contributed by atoms with E-state index in [0.717, 1.165) is 31.1 Å². The first-order valence-electron chi connectivity index (χ1n) is 12.1. The summed E-state index contributed by atoms with van der Waals surface area (Å²) in [6, 6.07) is 6.96. The summed E-state index contributed by atoms with van der Waals surface area (Å²) in [5.74, 6) is 0.209. The van der Waals surface area contributed by atoms with Gasteiger partial charge in [-0.15, -0.1) is 0 Å². The van der Waals surface area contributed by atoms with Crippen LogP contribution in [-0.4, -0.2) is 29.3 Å². The minimum atomic E-state index is -1.06. The second-order valence-corrected chi connectivity index (χ2v) is 10.8. The van der Waals surface area contributed by atoms with E-state index >= 15 is 0 Å². The molecule has 1 N–H and O–H groups in total. The zero-order chi connectivity index (χ0) is 24.5. The number of aromatic nitrogens is 1. The van der Waals surface area contributed by atoms with Crippen LogP contribution in [0.5, 0.6) is 11.5 Å². The van der Waals surface area contributed by atoms with Gasteiger partial charge in [-0.05, 0) is 54.4 Å². The Morgan fingerprint density at radius 1 is 0.970 bits per heavy atom. The highest BCUT2D eigenvalue weighted by atomic mass is 16.5. The third-order valence-corrected chi connectivity index (χ3v) is 5.44. The van der Waals surface area contributed by atoms with Crippen LogP contribution < -0.4 is 9.47 Å². The van der Waals surface area contributed by atoms with Gasteiger partial charge in [0.05, 0.1) is 6.61 Å². The van der Waals surface area contributed by atoms with Crippen LogP contribution in [0.1, 0.15) is 90.6 Å². The zero-order valence-corrected chi connectivity index (χ0v) is 21.2. The minimum absolute atomic E-state index is 0.00328. The average Bonchev–Trinajstić information content (AvgIpc) is 2.72. The number of hydrogen-bond acceptors (Lipinski definition) is 4. The predicted octanol–water partition coefficient (Wildman–Crippen LogP) is 7.68. The molecule has 33 heavy (non-hydrogen) atoms. The Labute approximate surface area is 199 Å². The molecule has 5 nitrogen and oxygen atoms in total. The number of benzene rings is 1. The van der Waals surface area contributed by atoms with Crippen LogP contribution in [0.2, 0.25) is 0 Å². The lowest BCUT2D eigenvalue weighted by atomic mass is 9.74. The van der Waals surface area contributed by atoms with E-state index in [2.05, 4.69) is 52.6 Å². The summed E-state index contributed by atoms with van der Waals surface area (Å²) in [4.78, 5) is 15.8. The number of nitrogens with zero attached hydrogens (tertiary/aromatic N) is 1. The molecule has 1 aromatic heterocycles. The standard InChI is InChI=1S/C28H41NO4/c1-7-8-9-11-18-33-24-16-15-23(21-13-14-22(26(30)31)29-25(21)24)32-19-12-10-17-28(5,6)20-27(2,3)4/h10,12-16H,7-9,11,17-20H2,1-6H3,(H,30,31). The molecule has 182 valence electrons. The van der Waals surface area contributed by atoms with E-state index in [-0.39, 0.29) is 11.1 Å². The van der Waals surface area contributed by atoms with Gasteiger partial charge >= 0.3 is 5.97 Å². The summed E-state index contributed by atoms with van der Waals surface area (Å²) in [5, 5.41) is 10.1. The van der Waals surface area contributed by atoms with Crippen LogP contribution in [0.15, 0.2) is 36.4 Å². The first-order valence-corrected chi connectivity index (χ1v) is 12.1. The van der Waals surface area contributed by atoms with Crippen molar-refractivity contribution >= 4 is 16.9 Å². The van der Waals surface area contributed by atoms with E-state index < -0.39 is 5.97 Å². The van der Waals surface area contributed by atoms with Crippen LogP contribution in [0, 0.1) is 10.8 Å². The van der Waals surface area contributed by atoms with Crippen molar-refractivity contribution in [3.8, 4) is 11.5 Å². The molecule has 0 aliphatic rings. The quantitative estimate of drug-likeness (QED) is 0.248. The van der Waals surface area contributed by atoms with E-state index in [4.69, 9.17) is 9.47 Å². The Balaban J connectivity index is 2.10. The number of rotatable bonds is 13. The fourth-order valence-electron chi connectivity index (χ4n) is 4.35. The largest absolute Gasteiger partial charge is 0.491 e. The van der Waals surface area contributed by atoms with Crippen LogP contribution in [0.4, 0.5) is 0 Å². The number of unbranched alkanes of at least 4 members (excludes halogenated alkanes) is 3. The number of allylic oxidation sites excluding steroid dienone is 1. The molecule has 0 amide bonds. The van der Waals surface area contributed by atoms with Crippen molar-refractivity contribution in [2.45, 2.75) is 80.1 Å². The molecular weight excluding hydrogens is 414 g/mol. The van der Waals surface area contributed by atoms with E-state index in [1.807, 2.05) is 18.2 Å². The Bertz CT molecular complexity index is 941. The summed E-state index contributed by atoms with van der Waals surface area (Å²) in [7, 11) is 0. The first-order chi connectivity index (χ1) is 15.5. The highest BCUT2D eigenvalue weighted by Gasteiger charge is 2.24. The zero-order valence-electron chi connectivity index (χ0n) is 21.2. The normalized spacial score (nSPS) is 12.4. The van der Waals surface area contributed by atoms with E-state index in [1.54, 1.807) is 6.07 Å². The lowest BCUT2D eigenvalue weighted by molar-refractivity contribution is 0.0691. The number of carboxylic acids is 1. The third kappa shape index (κ3) is 9.07. The fraction of sp³-hybridized carbons (Fsp3) is 0.571. The van der Waals surface area contributed by atoms with Gasteiger partial charge in [0.25, 0.3) is 0 Å². The Morgan fingerprint density at radius 2 is 1.70 bits per heavy atom. The van der Waals surface area contributed by atoms with Crippen molar-refractivity contribution in [2.24, 2.45) is 10.8 Å². The number of pyridine rings is 1. The molecule has 0 fully saturated rings. The number of ether oxygens (including phenoxy) is 2. The monoisotopic (exact) mass is 455 g/mol. The van der Waals surface area contributed by atoms with Crippen molar-refractivity contribution in [1.82, 2.24) is 4.98 Å². The van der Waals surface area contributed by atoms with E-state index in [9.17, 15) is 9.90 Å². The topological polar surface area (TPSA) is 68.7 Å². The van der Waals surface area contributed by atoms with Crippen molar-refractivity contribution in [3.05, 3.63) is 42.1 Å². The number of fused-ring (bicyclic) bond motifs is 1. The fourth-order valence-corrected chi connectivity index (χ4v) is 4.35. The van der Waals surface area contributed by atoms with Gasteiger partial charge in [0, 0.05) is 5.39 Å². The van der Waals surface area contributed by atoms with Gasteiger partial charge in [-0.3, -0.25) is 0 Å². The molecule has 1 heterocycles. The number of aromatic carboxylic acids is 1. The SMILES string of the molecule is CCCCCCOc1ccc(OCC=CCC(C)(C)CC(C)(C)C)c2ccc(C(=O)O)nc12. The number of hydrogen-bond donors (Lipinski definition) is 1. The Hall–Kier alpha value is -2.56. The van der Waals surface area contributed by atoms with Gasteiger partial charge in [-0.2, -0.15) is 0 Å². The lowest BCUT2D eigenvalue weighted by Gasteiger charge is -2.31. The van der Waals surface area contributed by atoms with Crippen LogP contribution in [0.25, 0.3) is 10.9 Å². The van der Waals surface area contributed by atoms with Crippen LogP contribution in [0.3, 0.4) is 0 Å². The summed E-state index contributed by atoms with van der Waals surface area (Å²) in [5.41, 5.74) is 1.05. The molecule has 0 spiro atoms. The predicted molar refractivity (Wildman–Crippen MR) is 135 cm³/mol. The maximum atomic E-state index is 11.4. The third-order valence-electron chi connectivity index (χ3n) is 5.44.